The largest absolute Gasteiger partial charge is 0.481 e. The number of rotatable bonds is 6. The summed E-state index contributed by atoms with van der Waals surface area (Å²) in [5.74, 6) is 0.153. The summed E-state index contributed by atoms with van der Waals surface area (Å²) in [6, 6.07) is 0. The number of carboxylic acid groups (broad SMARTS) is 1. The zero-order chi connectivity index (χ0) is 15.6. The van der Waals surface area contributed by atoms with E-state index in [1.807, 2.05) is 6.92 Å². The van der Waals surface area contributed by atoms with Gasteiger partial charge in [-0.05, 0) is 31.2 Å². The molecule has 114 valence electrons. The van der Waals surface area contributed by atoms with Crippen LogP contribution in [0.4, 0.5) is 0 Å². The predicted octanol–water partition coefficient (Wildman–Crippen LogP) is 3.21. The maximum atomic E-state index is 12.3. The second-order valence-electron chi connectivity index (χ2n) is 5.52. The quantitative estimate of drug-likeness (QED) is 0.803. The number of nitrogens with one attached hydrogen (secondary N) is 1. The van der Waals surface area contributed by atoms with Crippen LogP contribution in [0.3, 0.4) is 0 Å². The van der Waals surface area contributed by atoms with Crippen LogP contribution in [0.25, 0.3) is 10.2 Å². The molecule has 2 aromatic heterocycles. The van der Waals surface area contributed by atoms with Crippen LogP contribution < -0.4 is 5.56 Å². The standard InChI is InChI=1S/C15H20N2O3S/c1-8(2)12-9(3)21-15-13(12)14(20)16-10(17-15)6-4-5-7-11(18)19/h8H,4-7H2,1-3H3,(H,18,19)(H,16,17,20). The highest BCUT2D eigenvalue weighted by molar-refractivity contribution is 7.18. The lowest BCUT2D eigenvalue weighted by Gasteiger charge is -2.05. The predicted molar refractivity (Wildman–Crippen MR) is 84.3 cm³/mol. The molecule has 0 aromatic carbocycles. The van der Waals surface area contributed by atoms with Crippen molar-refractivity contribution in [2.24, 2.45) is 0 Å². The number of nitrogens with zero attached hydrogens (tertiary/aromatic N) is 1. The summed E-state index contributed by atoms with van der Waals surface area (Å²) >= 11 is 1.55. The molecule has 0 bridgehead atoms. The maximum Gasteiger partial charge on any atom is 0.303 e. The number of carboxylic acids is 1. The van der Waals surface area contributed by atoms with Gasteiger partial charge in [0.05, 0.1) is 5.39 Å². The van der Waals surface area contributed by atoms with Gasteiger partial charge in [0.25, 0.3) is 5.56 Å². The van der Waals surface area contributed by atoms with Crippen molar-refractivity contribution in [1.29, 1.82) is 0 Å². The molecule has 0 radical (unpaired) electrons. The summed E-state index contributed by atoms with van der Waals surface area (Å²) in [7, 11) is 0. The molecule has 0 spiro atoms. The van der Waals surface area contributed by atoms with Crippen molar-refractivity contribution >= 4 is 27.5 Å². The molecule has 2 rings (SSSR count). The fourth-order valence-corrected chi connectivity index (χ4v) is 3.77. The van der Waals surface area contributed by atoms with E-state index in [2.05, 4.69) is 23.8 Å². The molecular weight excluding hydrogens is 288 g/mol. The van der Waals surface area contributed by atoms with E-state index in [4.69, 9.17) is 5.11 Å². The third-order valence-electron chi connectivity index (χ3n) is 3.47. The van der Waals surface area contributed by atoms with Crippen LogP contribution >= 0.6 is 11.3 Å². The first-order valence-corrected chi connectivity index (χ1v) is 7.95. The zero-order valence-corrected chi connectivity index (χ0v) is 13.3. The SMILES string of the molecule is Cc1sc2nc(CCCCC(=O)O)[nH]c(=O)c2c1C(C)C. The summed E-state index contributed by atoms with van der Waals surface area (Å²) < 4.78 is 0. The molecule has 6 heteroatoms. The van der Waals surface area contributed by atoms with Crippen molar-refractivity contribution in [1.82, 2.24) is 9.97 Å². The van der Waals surface area contributed by atoms with Crippen molar-refractivity contribution in [3.8, 4) is 0 Å². The van der Waals surface area contributed by atoms with Gasteiger partial charge in [0.1, 0.15) is 10.7 Å². The number of aliphatic carboxylic acids is 1. The minimum Gasteiger partial charge on any atom is -0.481 e. The highest BCUT2D eigenvalue weighted by atomic mass is 32.1. The van der Waals surface area contributed by atoms with Crippen LogP contribution in [-0.4, -0.2) is 21.0 Å². The molecule has 0 atom stereocenters. The zero-order valence-electron chi connectivity index (χ0n) is 12.5. The van der Waals surface area contributed by atoms with Crippen LogP contribution in [0.5, 0.6) is 0 Å². The van der Waals surface area contributed by atoms with Crippen molar-refractivity contribution in [2.45, 2.75) is 52.4 Å². The minimum absolute atomic E-state index is 0.0821. The number of aromatic amines is 1. The summed E-state index contributed by atoms with van der Waals surface area (Å²) in [5.41, 5.74) is 1.00. The van der Waals surface area contributed by atoms with Gasteiger partial charge >= 0.3 is 5.97 Å². The Kier molecular flexibility index (Phi) is 4.77. The van der Waals surface area contributed by atoms with Gasteiger partial charge in [-0.1, -0.05) is 13.8 Å². The van der Waals surface area contributed by atoms with E-state index >= 15 is 0 Å². The average Bonchev–Trinajstić information content (AvgIpc) is 2.71. The molecule has 2 heterocycles. The Morgan fingerprint density at radius 2 is 2.10 bits per heavy atom. The number of fused-ring (bicyclic) bond motifs is 1. The molecule has 2 N–H and O–H groups in total. The Bertz CT molecular complexity index is 716. The minimum atomic E-state index is -0.789. The summed E-state index contributed by atoms with van der Waals surface area (Å²) in [6.45, 7) is 6.18. The highest BCUT2D eigenvalue weighted by Gasteiger charge is 2.17. The number of hydrogen-bond donors (Lipinski definition) is 2. The van der Waals surface area contributed by atoms with E-state index in [9.17, 15) is 9.59 Å². The molecule has 0 aliphatic rings. The van der Waals surface area contributed by atoms with E-state index < -0.39 is 5.97 Å². The Balaban J connectivity index is 2.25. The van der Waals surface area contributed by atoms with Gasteiger partial charge < -0.3 is 10.1 Å². The highest BCUT2D eigenvalue weighted by Crippen LogP contribution is 2.32. The normalized spacial score (nSPS) is 11.4. The third-order valence-corrected chi connectivity index (χ3v) is 4.48. The van der Waals surface area contributed by atoms with Gasteiger partial charge in [0.2, 0.25) is 0 Å². The fraction of sp³-hybridized carbons (Fsp3) is 0.533. The van der Waals surface area contributed by atoms with Crippen LogP contribution in [0.15, 0.2) is 4.79 Å². The smallest absolute Gasteiger partial charge is 0.303 e. The number of thiophene rings is 1. The number of unbranched alkanes of at least 4 members (excludes halogenated alkanes) is 1. The lowest BCUT2D eigenvalue weighted by molar-refractivity contribution is -0.137. The molecule has 0 amide bonds. The molecular formula is C15H20N2O3S. The lowest BCUT2D eigenvalue weighted by atomic mass is 10.0. The van der Waals surface area contributed by atoms with Crippen molar-refractivity contribution in [2.75, 3.05) is 0 Å². The van der Waals surface area contributed by atoms with Crippen molar-refractivity contribution in [3.05, 3.63) is 26.6 Å². The second-order valence-corrected chi connectivity index (χ2v) is 6.72. The Labute approximate surface area is 127 Å². The number of H-pyrrole nitrogens is 1. The molecule has 21 heavy (non-hydrogen) atoms. The van der Waals surface area contributed by atoms with Crippen LogP contribution in [0.2, 0.25) is 0 Å². The summed E-state index contributed by atoms with van der Waals surface area (Å²) in [5, 5.41) is 9.32. The van der Waals surface area contributed by atoms with E-state index in [1.54, 1.807) is 11.3 Å². The first-order valence-electron chi connectivity index (χ1n) is 7.14. The van der Waals surface area contributed by atoms with Gasteiger partial charge in [-0.2, -0.15) is 0 Å². The molecule has 0 fully saturated rings. The van der Waals surface area contributed by atoms with Gasteiger partial charge in [-0.25, -0.2) is 4.98 Å². The van der Waals surface area contributed by atoms with Crippen LogP contribution in [0, 0.1) is 6.92 Å². The summed E-state index contributed by atoms with van der Waals surface area (Å²) in [4.78, 5) is 32.1. The van der Waals surface area contributed by atoms with Crippen molar-refractivity contribution < 1.29 is 9.90 Å². The van der Waals surface area contributed by atoms with Gasteiger partial charge in [-0.3, -0.25) is 9.59 Å². The molecule has 0 saturated heterocycles. The fourth-order valence-electron chi connectivity index (χ4n) is 2.57. The average molecular weight is 308 g/mol. The molecule has 0 unspecified atom stereocenters. The number of aryl methyl sites for hydroxylation is 2. The first kappa shape index (κ1) is 15.7. The summed E-state index contributed by atoms with van der Waals surface area (Å²) in [6.07, 6.45) is 2.06. The third kappa shape index (κ3) is 3.50. The number of hydrogen-bond acceptors (Lipinski definition) is 4. The number of carbonyl (C=O) groups is 1. The molecule has 2 aromatic rings. The monoisotopic (exact) mass is 308 g/mol. The van der Waals surface area contributed by atoms with E-state index in [1.165, 1.54) is 0 Å². The van der Waals surface area contributed by atoms with Crippen LogP contribution in [-0.2, 0) is 11.2 Å². The first-order chi connectivity index (χ1) is 9.90. The Hall–Kier alpha value is -1.69. The Morgan fingerprint density at radius 3 is 2.71 bits per heavy atom. The topological polar surface area (TPSA) is 83.0 Å². The Morgan fingerprint density at radius 1 is 1.38 bits per heavy atom. The lowest BCUT2D eigenvalue weighted by Crippen LogP contribution is -2.12. The van der Waals surface area contributed by atoms with E-state index in [-0.39, 0.29) is 12.0 Å². The molecule has 0 saturated carbocycles. The van der Waals surface area contributed by atoms with Crippen molar-refractivity contribution in [3.63, 3.8) is 0 Å². The van der Waals surface area contributed by atoms with E-state index in [0.717, 1.165) is 15.3 Å². The number of aromatic nitrogens is 2. The van der Waals surface area contributed by atoms with Gasteiger partial charge in [0.15, 0.2) is 0 Å². The van der Waals surface area contributed by atoms with Gasteiger partial charge in [-0.15, -0.1) is 11.3 Å². The van der Waals surface area contributed by atoms with E-state index in [0.29, 0.717) is 36.4 Å². The molecule has 0 aliphatic carbocycles. The van der Waals surface area contributed by atoms with Crippen LogP contribution in [0.1, 0.15) is 55.3 Å². The second kappa shape index (κ2) is 6.39. The van der Waals surface area contributed by atoms with Gasteiger partial charge in [0, 0.05) is 17.7 Å². The maximum absolute atomic E-state index is 12.3. The molecule has 0 aliphatic heterocycles. The molecule has 5 nitrogen and oxygen atoms in total.